The molecule has 5 nitrogen and oxygen atoms in total. The van der Waals surface area contributed by atoms with Crippen LogP contribution in [0.25, 0.3) is 27.8 Å². The monoisotopic (exact) mass is 437 g/mol. The highest BCUT2D eigenvalue weighted by molar-refractivity contribution is 6.33. The number of carbonyl (C=O) groups is 1. The Hall–Kier alpha value is -3.22. The van der Waals surface area contributed by atoms with E-state index in [1.807, 2.05) is 24.3 Å². The lowest BCUT2D eigenvalue weighted by molar-refractivity contribution is 0.0869. The Balaban J connectivity index is 1.90. The van der Waals surface area contributed by atoms with Crippen molar-refractivity contribution in [3.05, 3.63) is 83.1 Å². The lowest BCUT2D eigenvalue weighted by Crippen LogP contribution is -2.46. The van der Waals surface area contributed by atoms with E-state index >= 15 is 0 Å². The van der Waals surface area contributed by atoms with Crippen LogP contribution in [-0.4, -0.2) is 32.9 Å². The zero-order valence-electron chi connectivity index (χ0n) is 17.1. The minimum absolute atomic E-state index is 0.189. The first-order valence-corrected chi connectivity index (χ1v) is 10.1. The smallest absolute Gasteiger partial charge is 0.251 e. The maximum absolute atomic E-state index is 13.5. The molecule has 4 rings (SSSR count). The number of rotatable bonds is 5. The fourth-order valence-electron chi connectivity index (χ4n) is 3.31. The molecule has 0 spiro atoms. The van der Waals surface area contributed by atoms with Crippen molar-refractivity contribution in [3.8, 4) is 16.9 Å². The van der Waals surface area contributed by atoms with Gasteiger partial charge >= 0.3 is 0 Å². The zero-order valence-corrected chi connectivity index (χ0v) is 17.8. The Morgan fingerprint density at radius 1 is 1.13 bits per heavy atom. The van der Waals surface area contributed by atoms with Gasteiger partial charge in [-0.1, -0.05) is 29.8 Å². The van der Waals surface area contributed by atoms with E-state index < -0.39 is 5.54 Å². The molecule has 2 N–H and O–H groups in total. The van der Waals surface area contributed by atoms with Crippen molar-refractivity contribution in [2.24, 2.45) is 0 Å². The maximum Gasteiger partial charge on any atom is 0.251 e. The van der Waals surface area contributed by atoms with Gasteiger partial charge in [-0.3, -0.25) is 4.79 Å². The molecular weight excluding hydrogens is 417 g/mol. The van der Waals surface area contributed by atoms with Crippen molar-refractivity contribution in [3.63, 3.8) is 0 Å². The Morgan fingerprint density at radius 2 is 1.84 bits per heavy atom. The Morgan fingerprint density at radius 3 is 2.52 bits per heavy atom. The van der Waals surface area contributed by atoms with Gasteiger partial charge in [0.15, 0.2) is 0 Å². The average Bonchev–Trinajstić information content (AvgIpc) is 3.13. The van der Waals surface area contributed by atoms with Crippen LogP contribution in [0.4, 0.5) is 4.39 Å². The second kappa shape index (κ2) is 8.13. The molecular formula is C24H21ClFN3O2. The molecule has 1 aromatic heterocycles. The van der Waals surface area contributed by atoms with E-state index in [0.717, 1.165) is 10.9 Å². The highest BCUT2D eigenvalue weighted by Crippen LogP contribution is 2.34. The number of amides is 1. The fourth-order valence-corrected chi connectivity index (χ4v) is 3.53. The van der Waals surface area contributed by atoms with Gasteiger partial charge in [-0.15, -0.1) is 0 Å². The molecule has 0 atom stereocenters. The molecule has 0 unspecified atom stereocenters. The number of aromatic nitrogens is 2. The lowest BCUT2D eigenvalue weighted by Gasteiger charge is -2.23. The fraction of sp³-hybridized carbons (Fsp3) is 0.167. The molecule has 7 heteroatoms. The molecule has 158 valence electrons. The summed E-state index contributed by atoms with van der Waals surface area (Å²) in [6.07, 6.45) is 0. The molecule has 0 radical (unpaired) electrons. The standard InChI is InChI=1S/C24H21ClFN3O2/c1-24(2,14-30)27-23(31)15-7-12-19-21(13-15)29(17-10-8-16(26)9-11-17)28-22(19)18-5-3-4-6-20(18)25/h3-13,30H,14H2,1-2H3,(H,27,31). The van der Waals surface area contributed by atoms with Crippen LogP contribution in [0.15, 0.2) is 66.7 Å². The minimum atomic E-state index is -0.758. The number of fused-ring (bicyclic) bond motifs is 1. The van der Waals surface area contributed by atoms with E-state index in [9.17, 15) is 14.3 Å². The van der Waals surface area contributed by atoms with E-state index in [1.54, 1.807) is 48.9 Å². The van der Waals surface area contributed by atoms with E-state index in [-0.39, 0.29) is 18.3 Å². The number of benzene rings is 3. The summed E-state index contributed by atoms with van der Waals surface area (Å²) < 4.78 is 15.1. The summed E-state index contributed by atoms with van der Waals surface area (Å²) >= 11 is 6.42. The van der Waals surface area contributed by atoms with Crippen LogP contribution in [0.2, 0.25) is 5.02 Å². The van der Waals surface area contributed by atoms with Crippen LogP contribution in [0.5, 0.6) is 0 Å². The van der Waals surface area contributed by atoms with Crippen LogP contribution in [0.1, 0.15) is 24.2 Å². The number of nitrogens with zero attached hydrogens (tertiary/aromatic N) is 2. The SMILES string of the molecule is CC(C)(CO)NC(=O)c1ccc2c(-c3ccccc3Cl)nn(-c3ccc(F)cc3)c2c1. The number of halogens is 2. The molecule has 0 bridgehead atoms. The molecule has 0 aliphatic carbocycles. The summed E-state index contributed by atoms with van der Waals surface area (Å²) in [4.78, 5) is 12.8. The number of aliphatic hydroxyl groups excluding tert-OH is 1. The zero-order chi connectivity index (χ0) is 22.2. The molecule has 0 aliphatic rings. The summed E-state index contributed by atoms with van der Waals surface area (Å²) in [5.41, 5.74) is 2.41. The highest BCUT2D eigenvalue weighted by Gasteiger charge is 2.22. The van der Waals surface area contributed by atoms with Crippen LogP contribution in [0.3, 0.4) is 0 Å². The Kier molecular flexibility index (Phi) is 5.52. The second-order valence-electron chi connectivity index (χ2n) is 7.94. The summed E-state index contributed by atoms with van der Waals surface area (Å²) in [6.45, 7) is 3.29. The van der Waals surface area contributed by atoms with Crippen molar-refractivity contribution in [2.75, 3.05) is 6.61 Å². The van der Waals surface area contributed by atoms with Gasteiger partial charge < -0.3 is 10.4 Å². The first-order valence-electron chi connectivity index (χ1n) is 9.76. The van der Waals surface area contributed by atoms with Crippen LogP contribution < -0.4 is 5.32 Å². The summed E-state index contributed by atoms with van der Waals surface area (Å²) in [5, 5.41) is 18.4. The first kappa shape index (κ1) is 21.0. The molecule has 1 heterocycles. The number of hydrogen-bond donors (Lipinski definition) is 2. The van der Waals surface area contributed by atoms with Gasteiger partial charge in [0.1, 0.15) is 11.5 Å². The van der Waals surface area contributed by atoms with Gasteiger partial charge in [-0.05, 0) is 62.4 Å². The third-order valence-corrected chi connectivity index (χ3v) is 5.32. The van der Waals surface area contributed by atoms with Crippen molar-refractivity contribution in [2.45, 2.75) is 19.4 Å². The van der Waals surface area contributed by atoms with Gasteiger partial charge in [-0.2, -0.15) is 5.10 Å². The number of carbonyl (C=O) groups excluding carboxylic acids is 1. The van der Waals surface area contributed by atoms with Crippen molar-refractivity contribution < 1.29 is 14.3 Å². The molecule has 0 saturated carbocycles. The topological polar surface area (TPSA) is 67.2 Å². The molecule has 31 heavy (non-hydrogen) atoms. The van der Waals surface area contributed by atoms with Gasteiger partial charge in [0.2, 0.25) is 0 Å². The third-order valence-electron chi connectivity index (χ3n) is 4.99. The molecule has 0 fully saturated rings. The predicted molar refractivity (Wildman–Crippen MR) is 120 cm³/mol. The molecule has 4 aromatic rings. The largest absolute Gasteiger partial charge is 0.394 e. The molecule has 0 saturated heterocycles. The van der Waals surface area contributed by atoms with E-state index in [2.05, 4.69) is 5.32 Å². The predicted octanol–water partition coefficient (Wildman–Crippen LogP) is 4.99. The van der Waals surface area contributed by atoms with Crippen molar-refractivity contribution in [1.82, 2.24) is 15.1 Å². The number of nitrogens with one attached hydrogen (secondary N) is 1. The third kappa shape index (κ3) is 4.17. The second-order valence-corrected chi connectivity index (χ2v) is 8.35. The Labute approximate surface area is 184 Å². The number of aliphatic hydroxyl groups is 1. The van der Waals surface area contributed by atoms with Gasteiger partial charge in [0.05, 0.1) is 28.4 Å². The quantitative estimate of drug-likeness (QED) is 0.462. The lowest BCUT2D eigenvalue weighted by atomic mass is 10.0. The van der Waals surface area contributed by atoms with Gasteiger partial charge in [0, 0.05) is 16.5 Å². The van der Waals surface area contributed by atoms with Crippen LogP contribution >= 0.6 is 11.6 Å². The average molecular weight is 438 g/mol. The molecule has 1 amide bonds. The normalized spacial score (nSPS) is 11.6. The Bertz CT molecular complexity index is 1270. The van der Waals surface area contributed by atoms with Crippen LogP contribution in [0, 0.1) is 5.82 Å². The van der Waals surface area contributed by atoms with Crippen molar-refractivity contribution >= 4 is 28.4 Å². The summed E-state index contributed by atoms with van der Waals surface area (Å²) in [7, 11) is 0. The van der Waals surface area contributed by atoms with Gasteiger partial charge in [-0.25, -0.2) is 9.07 Å². The van der Waals surface area contributed by atoms with E-state index in [0.29, 0.717) is 27.5 Å². The first-order chi connectivity index (χ1) is 14.8. The van der Waals surface area contributed by atoms with Crippen LogP contribution in [-0.2, 0) is 0 Å². The molecule has 3 aromatic carbocycles. The minimum Gasteiger partial charge on any atom is -0.394 e. The molecule has 0 aliphatic heterocycles. The van der Waals surface area contributed by atoms with E-state index in [4.69, 9.17) is 16.7 Å². The summed E-state index contributed by atoms with van der Waals surface area (Å²) in [6, 6.07) is 18.6. The highest BCUT2D eigenvalue weighted by atomic mass is 35.5. The number of hydrogen-bond acceptors (Lipinski definition) is 3. The van der Waals surface area contributed by atoms with Crippen molar-refractivity contribution in [1.29, 1.82) is 0 Å². The van der Waals surface area contributed by atoms with Gasteiger partial charge in [0.25, 0.3) is 5.91 Å². The summed E-state index contributed by atoms with van der Waals surface area (Å²) in [5.74, 6) is -0.662. The maximum atomic E-state index is 13.5. The van der Waals surface area contributed by atoms with E-state index in [1.165, 1.54) is 12.1 Å².